The van der Waals surface area contributed by atoms with E-state index in [-0.39, 0.29) is 3.42 Å². The highest BCUT2D eigenvalue weighted by Crippen LogP contribution is 2.31. The Balaban J connectivity index is 3.88. The van der Waals surface area contributed by atoms with Crippen molar-refractivity contribution in [2.24, 2.45) is 5.73 Å². The molecule has 0 fully saturated rings. The average Bonchev–Trinajstić information content (AvgIpc) is 1.85. The Kier molecular flexibility index (Phi) is 5.07. The topological polar surface area (TPSA) is 43.1 Å². The van der Waals surface area contributed by atoms with Crippen molar-refractivity contribution in [3.8, 4) is 0 Å². The van der Waals surface area contributed by atoms with E-state index in [9.17, 15) is 4.79 Å². The number of rotatable bonds is 4. The maximum atomic E-state index is 11.4. The zero-order valence-electron chi connectivity index (χ0n) is 7.15. The number of nitrogens with two attached hydrogens (primary N) is 1. The van der Waals surface area contributed by atoms with Crippen molar-refractivity contribution in [1.82, 2.24) is 0 Å². The third kappa shape index (κ3) is 5.10. The highest BCUT2D eigenvalue weighted by molar-refractivity contribution is 14.1. The van der Waals surface area contributed by atoms with Gasteiger partial charge in [0.1, 0.15) is 0 Å². The summed E-state index contributed by atoms with van der Waals surface area (Å²) in [6, 6.07) is 0. The van der Waals surface area contributed by atoms with Crippen LogP contribution in [0.4, 0.5) is 0 Å². The van der Waals surface area contributed by atoms with E-state index in [4.69, 9.17) is 5.73 Å². The first kappa shape index (κ1) is 11.8. The van der Waals surface area contributed by atoms with Gasteiger partial charge in [0.05, 0.1) is 3.42 Å². The second-order valence-electron chi connectivity index (χ2n) is 3.08. The summed E-state index contributed by atoms with van der Waals surface area (Å²) in [5.41, 5.74) is 6.08. The molecular weight excluding hydrogens is 272 g/mol. The minimum absolute atomic E-state index is 0.223. The van der Waals surface area contributed by atoms with Crippen LogP contribution in [0.5, 0.6) is 0 Å². The van der Waals surface area contributed by atoms with Crippen molar-refractivity contribution in [1.29, 1.82) is 0 Å². The van der Waals surface area contributed by atoms with Crippen LogP contribution in [0.2, 0.25) is 0 Å². The van der Waals surface area contributed by atoms with E-state index in [0.717, 1.165) is 0 Å². The van der Waals surface area contributed by atoms with Crippen molar-refractivity contribution < 1.29 is 4.79 Å². The molecule has 0 radical (unpaired) electrons. The van der Waals surface area contributed by atoms with Gasteiger partial charge in [0.25, 0.3) is 0 Å². The zero-order valence-corrected chi connectivity index (χ0v) is 10.3. The van der Waals surface area contributed by atoms with E-state index >= 15 is 0 Å². The summed E-state index contributed by atoms with van der Waals surface area (Å²) in [7, 11) is 0.360. The van der Waals surface area contributed by atoms with Gasteiger partial charge in [0.2, 0.25) is 0 Å². The lowest BCUT2D eigenvalue weighted by atomic mass is 10.3. The first-order valence-corrected chi connectivity index (χ1v) is 5.73. The molecule has 0 aromatic rings. The Morgan fingerprint density at radius 2 is 2.18 bits per heavy atom. The predicted molar refractivity (Wildman–Crippen MR) is 59.9 cm³/mol. The molecule has 0 rings (SSSR count). The fraction of sp³-hybridized carbons (Fsp3) is 0.857. The largest absolute Gasteiger partial charge is 0.330 e. The number of carbonyl (C=O) groups is 1. The van der Waals surface area contributed by atoms with Gasteiger partial charge in [0, 0.05) is 0 Å². The number of carbonyl (C=O) groups excluding carboxylic acids is 1. The van der Waals surface area contributed by atoms with E-state index in [1.807, 2.05) is 20.8 Å². The maximum absolute atomic E-state index is 11.4. The van der Waals surface area contributed by atoms with Gasteiger partial charge in [0.15, 0.2) is 5.52 Å². The molecule has 2 unspecified atom stereocenters. The van der Waals surface area contributed by atoms with Crippen LogP contribution in [0.3, 0.4) is 0 Å². The van der Waals surface area contributed by atoms with Crippen molar-refractivity contribution in [2.75, 3.05) is 6.54 Å². The quantitative estimate of drug-likeness (QED) is 0.486. The Morgan fingerprint density at radius 1 is 1.73 bits per heavy atom. The predicted octanol–water partition coefficient (Wildman–Crippen LogP) is 1.75. The fourth-order valence-electron chi connectivity index (χ4n) is 0.454. The minimum atomic E-state index is -0.223. The highest BCUT2D eigenvalue weighted by Gasteiger charge is 2.24. The van der Waals surface area contributed by atoms with Crippen molar-refractivity contribution in [2.45, 2.75) is 29.9 Å². The van der Waals surface area contributed by atoms with Crippen molar-refractivity contribution in [3.05, 3.63) is 0 Å². The van der Waals surface area contributed by atoms with Crippen LogP contribution in [0.25, 0.3) is 0 Å². The van der Waals surface area contributed by atoms with Gasteiger partial charge in [-0.25, -0.2) is 0 Å². The molecule has 0 spiro atoms. The molecule has 0 aromatic carbocycles. The molecule has 0 aliphatic rings. The molecule has 0 aromatic heterocycles. The third-order valence-corrected chi connectivity index (χ3v) is 3.89. The summed E-state index contributed by atoms with van der Waals surface area (Å²) in [5.74, 6) is 0. The Morgan fingerprint density at radius 3 is 2.45 bits per heavy atom. The number of alkyl halides is 1. The summed E-state index contributed by atoms with van der Waals surface area (Å²) < 4.78 is -0.223. The van der Waals surface area contributed by atoms with Crippen molar-refractivity contribution >= 4 is 36.7 Å². The third-order valence-electron chi connectivity index (χ3n) is 1.27. The van der Waals surface area contributed by atoms with Crippen LogP contribution >= 0.6 is 31.2 Å². The molecule has 4 heteroatoms. The van der Waals surface area contributed by atoms with Crippen LogP contribution in [0, 0.1) is 0 Å². The van der Waals surface area contributed by atoms with Gasteiger partial charge in [-0.05, 0) is 34.6 Å². The SMILES string of the molecule is CC(CN)PC(=O)C(C)(C)I. The molecule has 2 nitrogen and oxygen atoms in total. The molecule has 0 aliphatic heterocycles. The van der Waals surface area contributed by atoms with Gasteiger partial charge in [-0.1, -0.05) is 29.5 Å². The molecule has 0 saturated heterocycles. The average molecular weight is 287 g/mol. The smallest absolute Gasteiger partial charge is 0.166 e. The number of hydrogen-bond acceptors (Lipinski definition) is 2. The second-order valence-corrected chi connectivity index (χ2v) is 7.51. The molecular formula is C7H15INOP. The summed E-state index contributed by atoms with van der Waals surface area (Å²) in [6.07, 6.45) is 0. The van der Waals surface area contributed by atoms with Gasteiger partial charge >= 0.3 is 0 Å². The fourth-order valence-corrected chi connectivity index (χ4v) is 1.83. The summed E-state index contributed by atoms with van der Waals surface area (Å²) in [4.78, 5) is 11.4. The summed E-state index contributed by atoms with van der Waals surface area (Å²) >= 11 is 2.17. The molecule has 0 heterocycles. The zero-order chi connectivity index (χ0) is 9.07. The molecule has 66 valence electrons. The molecule has 2 N–H and O–H groups in total. The first-order chi connectivity index (χ1) is 4.88. The molecule has 11 heavy (non-hydrogen) atoms. The van der Waals surface area contributed by atoms with E-state index in [1.165, 1.54) is 0 Å². The minimum Gasteiger partial charge on any atom is -0.330 e. The van der Waals surface area contributed by atoms with Gasteiger partial charge in [-0.15, -0.1) is 0 Å². The molecule has 0 aliphatic carbocycles. The lowest BCUT2D eigenvalue weighted by molar-refractivity contribution is -0.112. The van der Waals surface area contributed by atoms with E-state index in [2.05, 4.69) is 22.6 Å². The van der Waals surface area contributed by atoms with Crippen LogP contribution in [0.15, 0.2) is 0 Å². The standard InChI is InChI=1S/C7H15INOP/c1-5(4-9)11-6(10)7(2,3)8/h5,11H,4,9H2,1-3H3. The Bertz CT molecular complexity index is 144. The Hall–Kier alpha value is 0.790. The first-order valence-electron chi connectivity index (χ1n) is 3.58. The van der Waals surface area contributed by atoms with Crippen LogP contribution in [0.1, 0.15) is 20.8 Å². The monoisotopic (exact) mass is 287 g/mol. The van der Waals surface area contributed by atoms with E-state index in [0.29, 0.717) is 26.3 Å². The highest BCUT2D eigenvalue weighted by atomic mass is 127. The molecule has 0 saturated carbocycles. The van der Waals surface area contributed by atoms with E-state index < -0.39 is 0 Å². The van der Waals surface area contributed by atoms with Gasteiger partial charge < -0.3 is 5.73 Å². The van der Waals surface area contributed by atoms with Crippen LogP contribution in [-0.4, -0.2) is 21.1 Å². The van der Waals surface area contributed by atoms with Crippen molar-refractivity contribution in [3.63, 3.8) is 0 Å². The normalized spacial score (nSPS) is 15.7. The number of halogens is 1. The van der Waals surface area contributed by atoms with Gasteiger partial charge in [-0.2, -0.15) is 0 Å². The molecule has 0 bridgehead atoms. The van der Waals surface area contributed by atoms with Crippen LogP contribution in [-0.2, 0) is 4.79 Å². The summed E-state index contributed by atoms with van der Waals surface area (Å²) in [6.45, 7) is 6.49. The second kappa shape index (κ2) is 4.73. The molecule has 0 amide bonds. The van der Waals surface area contributed by atoms with E-state index in [1.54, 1.807) is 0 Å². The molecule has 2 atom stereocenters. The Labute approximate surface area is 83.6 Å². The lowest BCUT2D eigenvalue weighted by Crippen LogP contribution is -2.23. The lowest BCUT2D eigenvalue weighted by Gasteiger charge is -2.16. The van der Waals surface area contributed by atoms with Crippen LogP contribution < -0.4 is 5.73 Å². The maximum Gasteiger partial charge on any atom is 0.166 e. The number of hydrogen-bond donors (Lipinski definition) is 1. The summed E-state index contributed by atoms with van der Waals surface area (Å²) in [5, 5.41) is 0. The van der Waals surface area contributed by atoms with Gasteiger partial charge in [-0.3, -0.25) is 4.79 Å².